The highest BCUT2D eigenvalue weighted by Gasteiger charge is 2.04. The van der Waals surface area contributed by atoms with Crippen molar-refractivity contribution in [3.05, 3.63) is 23.9 Å². The van der Waals surface area contributed by atoms with Crippen LogP contribution in [0.4, 0.5) is 0 Å². The van der Waals surface area contributed by atoms with Crippen LogP contribution in [0.3, 0.4) is 0 Å². The zero-order valence-electron chi connectivity index (χ0n) is 8.49. The van der Waals surface area contributed by atoms with Crippen LogP contribution in [0.1, 0.15) is 11.7 Å². The SMILES string of the molecule is C=C(CNCCc1noc(C)n1)C(=O)O. The van der Waals surface area contributed by atoms with Gasteiger partial charge in [0.05, 0.1) is 0 Å². The molecular weight excluding hydrogens is 198 g/mol. The minimum Gasteiger partial charge on any atom is -0.478 e. The second-order valence-electron chi connectivity index (χ2n) is 3.07. The predicted octanol–water partition coefficient (Wildman–Crippen LogP) is 0.151. The monoisotopic (exact) mass is 211 g/mol. The molecule has 0 saturated carbocycles. The summed E-state index contributed by atoms with van der Waals surface area (Å²) in [5.74, 6) is 0.152. The van der Waals surface area contributed by atoms with Gasteiger partial charge in [0, 0.05) is 32.0 Å². The van der Waals surface area contributed by atoms with E-state index in [1.807, 2.05) is 0 Å². The summed E-state index contributed by atoms with van der Waals surface area (Å²) >= 11 is 0. The molecule has 0 aliphatic heterocycles. The third-order valence-corrected chi connectivity index (χ3v) is 1.74. The van der Waals surface area contributed by atoms with E-state index in [0.717, 1.165) is 0 Å². The molecule has 0 unspecified atom stereocenters. The van der Waals surface area contributed by atoms with Gasteiger partial charge in [-0.3, -0.25) is 0 Å². The van der Waals surface area contributed by atoms with Crippen molar-refractivity contribution in [2.45, 2.75) is 13.3 Å². The van der Waals surface area contributed by atoms with Crippen molar-refractivity contribution < 1.29 is 14.4 Å². The molecule has 0 aliphatic carbocycles. The standard InChI is InChI=1S/C9H13N3O3/c1-6(9(13)14)5-10-4-3-8-11-7(2)15-12-8/h10H,1,3-5H2,2H3,(H,13,14). The van der Waals surface area contributed by atoms with E-state index in [1.54, 1.807) is 6.92 Å². The van der Waals surface area contributed by atoms with Crippen molar-refractivity contribution in [2.24, 2.45) is 0 Å². The number of carboxylic acid groups (broad SMARTS) is 1. The van der Waals surface area contributed by atoms with E-state index in [2.05, 4.69) is 22.0 Å². The lowest BCUT2D eigenvalue weighted by Crippen LogP contribution is -2.22. The van der Waals surface area contributed by atoms with E-state index in [-0.39, 0.29) is 12.1 Å². The van der Waals surface area contributed by atoms with E-state index in [4.69, 9.17) is 9.63 Å². The Hall–Kier alpha value is -1.69. The topological polar surface area (TPSA) is 88.3 Å². The molecule has 0 fully saturated rings. The third kappa shape index (κ3) is 3.90. The summed E-state index contributed by atoms with van der Waals surface area (Å²) in [6.45, 7) is 5.95. The molecule has 0 spiro atoms. The Bertz CT molecular complexity index is 359. The highest BCUT2D eigenvalue weighted by Crippen LogP contribution is 1.95. The maximum Gasteiger partial charge on any atom is 0.332 e. The summed E-state index contributed by atoms with van der Waals surface area (Å²) in [6.07, 6.45) is 0.601. The predicted molar refractivity (Wildman–Crippen MR) is 52.4 cm³/mol. The third-order valence-electron chi connectivity index (χ3n) is 1.74. The molecule has 15 heavy (non-hydrogen) atoms. The van der Waals surface area contributed by atoms with Crippen molar-refractivity contribution in [1.29, 1.82) is 0 Å². The Morgan fingerprint density at radius 2 is 2.40 bits per heavy atom. The first-order valence-electron chi connectivity index (χ1n) is 4.50. The van der Waals surface area contributed by atoms with E-state index in [1.165, 1.54) is 0 Å². The van der Waals surface area contributed by atoms with Crippen LogP contribution in [-0.2, 0) is 11.2 Å². The van der Waals surface area contributed by atoms with Crippen LogP contribution in [0.15, 0.2) is 16.7 Å². The molecule has 0 saturated heterocycles. The van der Waals surface area contributed by atoms with Crippen LogP contribution in [-0.4, -0.2) is 34.3 Å². The fraction of sp³-hybridized carbons (Fsp3) is 0.444. The molecule has 0 atom stereocenters. The van der Waals surface area contributed by atoms with E-state index in [0.29, 0.717) is 24.7 Å². The van der Waals surface area contributed by atoms with Gasteiger partial charge in [-0.15, -0.1) is 0 Å². The fourth-order valence-corrected chi connectivity index (χ4v) is 0.958. The van der Waals surface area contributed by atoms with Gasteiger partial charge in [-0.1, -0.05) is 11.7 Å². The Morgan fingerprint density at radius 3 is 2.93 bits per heavy atom. The quantitative estimate of drug-likeness (QED) is 0.514. The molecule has 1 aromatic rings. The minimum atomic E-state index is -0.988. The Labute approximate surface area is 87.0 Å². The summed E-state index contributed by atoms with van der Waals surface area (Å²) in [5.41, 5.74) is 0.138. The average molecular weight is 211 g/mol. The number of carboxylic acids is 1. The first-order chi connectivity index (χ1) is 7.09. The molecule has 6 heteroatoms. The molecule has 0 radical (unpaired) electrons. The molecule has 82 valence electrons. The molecule has 0 aromatic carbocycles. The minimum absolute atomic E-state index is 0.138. The van der Waals surface area contributed by atoms with Gasteiger partial charge in [-0.2, -0.15) is 4.98 Å². The Balaban J connectivity index is 2.17. The number of nitrogens with zero attached hydrogens (tertiary/aromatic N) is 2. The lowest BCUT2D eigenvalue weighted by atomic mass is 10.3. The zero-order valence-corrected chi connectivity index (χ0v) is 8.49. The number of rotatable bonds is 6. The number of aliphatic carboxylic acids is 1. The van der Waals surface area contributed by atoms with E-state index in [9.17, 15) is 4.79 Å². The molecule has 6 nitrogen and oxygen atoms in total. The van der Waals surface area contributed by atoms with Gasteiger partial charge in [0.15, 0.2) is 5.82 Å². The van der Waals surface area contributed by atoms with Crippen LogP contribution >= 0.6 is 0 Å². The maximum atomic E-state index is 10.4. The highest BCUT2D eigenvalue weighted by atomic mass is 16.5. The summed E-state index contributed by atoms with van der Waals surface area (Å²) in [6, 6.07) is 0. The van der Waals surface area contributed by atoms with Gasteiger partial charge in [-0.05, 0) is 0 Å². The number of nitrogens with one attached hydrogen (secondary N) is 1. The van der Waals surface area contributed by atoms with Gasteiger partial charge < -0.3 is 14.9 Å². The van der Waals surface area contributed by atoms with Crippen molar-refractivity contribution >= 4 is 5.97 Å². The van der Waals surface area contributed by atoms with Crippen LogP contribution in [0.25, 0.3) is 0 Å². The molecule has 1 heterocycles. The highest BCUT2D eigenvalue weighted by molar-refractivity contribution is 5.86. The number of carbonyl (C=O) groups is 1. The number of hydrogen-bond donors (Lipinski definition) is 2. The normalized spacial score (nSPS) is 10.2. The van der Waals surface area contributed by atoms with Crippen molar-refractivity contribution in [1.82, 2.24) is 15.5 Å². The molecule has 0 amide bonds. The van der Waals surface area contributed by atoms with Gasteiger partial charge in [0.2, 0.25) is 5.89 Å². The first kappa shape index (κ1) is 11.4. The summed E-state index contributed by atoms with van der Waals surface area (Å²) in [5, 5.41) is 15.1. The number of aromatic nitrogens is 2. The maximum absolute atomic E-state index is 10.4. The van der Waals surface area contributed by atoms with Crippen LogP contribution in [0.5, 0.6) is 0 Å². The number of hydrogen-bond acceptors (Lipinski definition) is 5. The van der Waals surface area contributed by atoms with Crippen molar-refractivity contribution in [3.8, 4) is 0 Å². The van der Waals surface area contributed by atoms with E-state index < -0.39 is 5.97 Å². The van der Waals surface area contributed by atoms with Gasteiger partial charge in [0.25, 0.3) is 0 Å². The van der Waals surface area contributed by atoms with Gasteiger partial charge in [-0.25, -0.2) is 4.79 Å². The fourth-order valence-electron chi connectivity index (χ4n) is 0.958. The smallest absolute Gasteiger partial charge is 0.332 e. The summed E-state index contributed by atoms with van der Waals surface area (Å²) in [4.78, 5) is 14.4. The van der Waals surface area contributed by atoms with Crippen LogP contribution in [0, 0.1) is 6.92 Å². The molecule has 1 rings (SSSR count). The summed E-state index contributed by atoms with van der Waals surface area (Å²) in [7, 11) is 0. The molecular formula is C9H13N3O3. The molecule has 2 N–H and O–H groups in total. The van der Waals surface area contributed by atoms with Gasteiger partial charge in [0.1, 0.15) is 0 Å². The second kappa shape index (κ2) is 5.26. The molecule has 1 aromatic heterocycles. The lowest BCUT2D eigenvalue weighted by Gasteiger charge is -2.01. The second-order valence-corrected chi connectivity index (χ2v) is 3.07. The lowest BCUT2D eigenvalue weighted by molar-refractivity contribution is -0.132. The average Bonchev–Trinajstić information content (AvgIpc) is 2.58. The Kier molecular flexibility index (Phi) is 3.99. The molecule has 0 aliphatic rings. The first-order valence-corrected chi connectivity index (χ1v) is 4.50. The largest absolute Gasteiger partial charge is 0.478 e. The Morgan fingerprint density at radius 1 is 1.67 bits per heavy atom. The van der Waals surface area contributed by atoms with Crippen molar-refractivity contribution in [2.75, 3.05) is 13.1 Å². The summed E-state index contributed by atoms with van der Waals surface area (Å²) < 4.78 is 4.78. The van der Waals surface area contributed by atoms with Crippen molar-refractivity contribution in [3.63, 3.8) is 0 Å². The number of aryl methyl sites for hydroxylation is 1. The zero-order chi connectivity index (χ0) is 11.3. The van der Waals surface area contributed by atoms with Gasteiger partial charge >= 0.3 is 5.97 Å². The van der Waals surface area contributed by atoms with E-state index >= 15 is 0 Å². The van der Waals surface area contributed by atoms with Crippen LogP contribution in [0.2, 0.25) is 0 Å². The van der Waals surface area contributed by atoms with Crippen LogP contribution < -0.4 is 5.32 Å². The molecule has 0 bridgehead atoms.